The highest BCUT2D eigenvalue weighted by atomic mass is 16.2. The van der Waals surface area contributed by atoms with Crippen molar-refractivity contribution < 1.29 is 9.59 Å². The molecule has 2 aromatic rings. The summed E-state index contributed by atoms with van der Waals surface area (Å²) in [5.41, 5.74) is 1.72. The molecule has 0 spiro atoms. The van der Waals surface area contributed by atoms with E-state index in [1.54, 1.807) is 6.20 Å². The van der Waals surface area contributed by atoms with Crippen LogP contribution in [-0.2, 0) is 11.3 Å². The molecule has 4 rings (SSSR count). The molecule has 7 heteroatoms. The van der Waals surface area contributed by atoms with Crippen LogP contribution >= 0.6 is 0 Å². The van der Waals surface area contributed by atoms with E-state index in [4.69, 9.17) is 0 Å². The van der Waals surface area contributed by atoms with Crippen LogP contribution in [-0.4, -0.2) is 34.3 Å². The number of nitrogens with one attached hydrogen (secondary N) is 2. The van der Waals surface area contributed by atoms with E-state index in [0.29, 0.717) is 18.7 Å². The number of urea groups is 1. The minimum atomic E-state index is -0.208. The van der Waals surface area contributed by atoms with E-state index in [9.17, 15) is 9.59 Å². The summed E-state index contributed by atoms with van der Waals surface area (Å²) >= 11 is 0. The maximum atomic E-state index is 12.2. The SMILES string of the molecule is C[C@@H]1CCC(=O)N1c1ccc(NC(=O)NCC2(Cn3cccn3)CC2)cc1. The number of aromatic nitrogens is 2. The molecule has 3 amide bonds. The Morgan fingerprint density at radius 3 is 2.67 bits per heavy atom. The van der Waals surface area contributed by atoms with Crippen molar-refractivity contribution in [1.29, 1.82) is 0 Å². The first-order valence-corrected chi connectivity index (χ1v) is 9.49. The number of carbonyl (C=O) groups is 2. The molecule has 1 saturated heterocycles. The van der Waals surface area contributed by atoms with Crippen LogP contribution in [0.5, 0.6) is 0 Å². The predicted octanol–water partition coefficient (Wildman–Crippen LogP) is 3.00. The summed E-state index contributed by atoms with van der Waals surface area (Å²) in [6.07, 6.45) is 7.42. The maximum Gasteiger partial charge on any atom is 0.319 e. The van der Waals surface area contributed by atoms with Crippen LogP contribution in [0.4, 0.5) is 16.2 Å². The number of benzene rings is 1. The van der Waals surface area contributed by atoms with E-state index < -0.39 is 0 Å². The molecule has 27 heavy (non-hydrogen) atoms. The number of hydrogen-bond donors (Lipinski definition) is 2. The lowest BCUT2D eigenvalue weighted by Crippen LogP contribution is -2.35. The largest absolute Gasteiger partial charge is 0.337 e. The summed E-state index contributed by atoms with van der Waals surface area (Å²) in [5, 5.41) is 10.1. The minimum absolute atomic E-state index is 0.124. The summed E-state index contributed by atoms with van der Waals surface area (Å²) in [5.74, 6) is 0.160. The molecule has 2 heterocycles. The average Bonchev–Trinajstić information content (AvgIpc) is 3.05. The Bertz CT molecular complexity index is 811. The molecule has 0 bridgehead atoms. The fourth-order valence-corrected chi connectivity index (χ4v) is 3.68. The van der Waals surface area contributed by atoms with Gasteiger partial charge in [-0.25, -0.2) is 4.79 Å². The zero-order chi connectivity index (χ0) is 18.9. The Morgan fingerprint density at radius 2 is 2.07 bits per heavy atom. The minimum Gasteiger partial charge on any atom is -0.337 e. The smallest absolute Gasteiger partial charge is 0.319 e. The molecule has 1 saturated carbocycles. The summed E-state index contributed by atoms with van der Waals surface area (Å²) in [6, 6.07) is 9.37. The fraction of sp³-hybridized carbons (Fsp3) is 0.450. The van der Waals surface area contributed by atoms with Gasteiger partial charge in [-0.1, -0.05) is 0 Å². The van der Waals surface area contributed by atoms with Gasteiger partial charge >= 0.3 is 6.03 Å². The van der Waals surface area contributed by atoms with Gasteiger partial charge in [-0.05, 0) is 56.5 Å². The first-order chi connectivity index (χ1) is 13.0. The van der Waals surface area contributed by atoms with Crippen LogP contribution in [0.2, 0.25) is 0 Å². The van der Waals surface area contributed by atoms with E-state index in [0.717, 1.165) is 31.5 Å². The van der Waals surface area contributed by atoms with Crippen molar-refractivity contribution in [2.24, 2.45) is 5.41 Å². The van der Waals surface area contributed by atoms with Crippen molar-refractivity contribution in [2.75, 3.05) is 16.8 Å². The first kappa shape index (κ1) is 17.6. The molecule has 1 atom stereocenters. The molecule has 7 nitrogen and oxygen atoms in total. The number of rotatable bonds is 6. The fourth-order valence-electron chi connectivity index (χ4n) is 3.68. The molecule has 0 unspecified atom stereocenters. The maximum absolute atomic E-state index is 12.2. The molecule has 0 radical (unpaired) electrons. The zero-order valence-electron chi connectivity index (χ0n) is 15.5. The van der Waals surface area contributed by atoms with Crippen molar-refractivity contribution in [3.05, 3.63) is 42.7 Å². The number of amides is 3. The monoisotopic (exact) mass is 367 g/mol. The van der Waals surface area contributed by atoms with Gasteiger partial charge in [-0.3, -0.25) is 9.48 Å². The Kier molecular flexibility index (Phi) is 4.59. The normalized spacial score (nSPS) is 20.6. The lowest BCUT2D eigenvalue weighted by atomic mass is 10.1. The Hall–Kier alpha value is -2.83. The highest BCUT2D eigenvalue weighted by Gasteiger charge is 2.43. The van der Waals surface area contributed by atoms with Crippen LogP contribution < -0.4 is 15.5 Å². The third-order valence-electron chi connectivity index (χ3n) is 5.53. The number of hydrogen-bond acceptors (Lipinski definition) is 3. The van der Waals surface area contributed by atoms with E-state index in [2.05, 4.69) is 22.7 Å². The van der Waals surface area contributed by atoms with Crippen molar-refractivity contribution in [3.63, 3.8) is 0 Å². The summed E-state index contributed by atoms with van der Waals surface area (Å²) in [7, 11) is 0. The molecule has 142 valence electrons. The highest BCUT2D eigenvalue weighted by molar-refractivity contribution is 5.96. The van der Waals surface area contributed by atoms with Gasteiger partial charge in [0.05, 0.1) is 0 Å². The highest BCUT2D eigenvalue weighted by Crippen LogP contribution is 2.46. The van der Waals surface area contributed by atoms with Crippen LogP contribution in [0.25, 0.3) is 0 Å². The second-order valence-corrected chi connectivity index (χ2v) is 7.71. The first-order valence-electron chi connectivity index (χ1n) is 9.49. The van der Waals surface area contributed by atoms with Gasteiger partial charge in [-0.15, -0.1) is 0 Å². The lowest BCUT2D eigenvalue weighted by molar-refractivity contribution is -0.117. The van der Waals surface area contributed by atoms with Gasteiger partial charge in [0.1, 0.15) is 0 Å². The van der Waals surface area contributed by atoms with Gasteiger partial charge in [0.15, 0.2) is 0 Å². The van der Waals surface area contributed by atoms with Gasteiger partial charge in [-0.2, -0.15) is 5.10 Å². The van der Waals surface area contributed by atoms with Crippen LogP contribution in [0.15, 0.2) is 42.7 Å². The Balaban J connectivity index is 1.29. The van der Waals surface area contributed by atoms with Crippen molar-refractivity contribution in [1.82, 2.24) is 15.1 Å². The summed E-state index contributed by atoms with van der Waals surface area (Å²) < 4.78 is 1.92. The van der Waals surface area contributed by atoms with E-state index in [-0.39, 0.29) is 23.4 Å². The summed E-state index contributed by atoms with van der Waals surface area (Å²) in [6.45, 7) is 3.52. The Morgan fingerprint density at radius 1 is 1.30 bits per heavy atom. The molecule has 1 aliphatic heterocycles. The molecule has 1 aromatic heterocycles. The van der Waals surface area contributed by atoms with E-state index >= 15 is 0 Å². The number of nitrogens with zero attached hydrogens (tertiary/aromatic N) is 3. The standard InChI is InChI=1S/C20H25N5O2/c1-15-3-8-18(26)25(15)17-6-4-16(5-7-17)23-19(27)21-13-20(9-10-20)14-24-12-2-11-22-24/h2,4-7,11-12,15H,3,8-10,13-14H2,1H3,(H2,21,23,27)/t15-/m1/s1. The van der Waals surface area contributed by atoms with E-state index in [1.807, 2.05) is 46.1 Å². The second kappa shape index (κ2) is 7.06. The summed E-state index contributed by atoms with van der Waals surface area (Å²) in [4.78, 5) is 26.0. The molecular formula is C20H25N5O2. The lowest BCUT2D eigenvalue weighted by Gasteiger charge is -2.22. The van der Waals surface area contributed by atoms with Crippen molar-refractivity contribution in [2.45, 2.75) is 45.2 Å². The van der Waals surface area contributed by atoms with Gasteiger partial charge in [0.2, 0.25) is 5.91 Å². The zero-order valence-corrected chi connectivity index (χ0v) is 15.5. The molecular weight excluding hydrogens is 342 g/mol. The van der Waals surface area contributed by atoms with Crippen molar-refractivity contribution >= 4 is 23.3 Å². The van der Waals surface area contributed by atoms with Gasteiger partial charge in [0, 0.05) is 54.7 Å². The second-order valence-electron chi connectivity index (χ2n) is 7.71. The van der Waals surface area contributed by atoms with Crippen LogP contribution in [0.3, 0.4) is 0 Å². The number of carbonyl (C=O) groups excluding carboxylic acids is 2. The van der Waals surface area contributed by atoms with Gasteiger partial charge in [0.25, 0.3) is 0 Å². The third kappa shape index (κ3) is 3.97. The van der Waals surface area contributed by atoms with Crippen LogP contribution in [0.1, 0.15) is 32.6 Å². The van der Waals surface area contributed by atoms with Crippen LogP contribution in [0, 0.1) is 5.41 Å². The Labute approximate surface area is 158 Å². The quantitative estimate of drug-likeness (QED) is 0.824. The van der Waals surface area contributed by atoms with Gasteiger partial charge < -0.3 is 15.5 Å². The van der Waals surface area contributed by atoms with E-state index in [1.165, 1.54) is 0 Å². The molecule has 1 aliphatic carbocycles. The molecule has 2 N–H and O–H groups in total. The molecule has 2 fully saturated rings. The molecule has 1 aromatic carbocycles. The third-order valence-corrected chi connectivity index (χ3v) is 5.53. The molecule has 2 aliphatic rings. The average molecular weight is 367 g/mol. The number of anilines is 2. The topological polar surface area (TPSA) is 79.3 Å². The van der Waals surface area contributed by atoms with Crippen molar-refractivity contribution in [3.8, 4) is 0 Å². The predicted molar refractivity (Wildman–Crippen MR) is 104 cm³/mol.